The van der Waals surface area contributed by atoms with E-state index in [0.717, 1.165) is 36.6 Å². The lowest BCUT2D eigenvalue weighted by atomic mass is 9.76. The first-order valence-electron chi connectivity index (χ1n) is 13.1. The minimum absolute atomic E-state index is 0.0174. The number of hydrogen-bond acceptors (Lipinski definition) is 2. The van der Waals surface area contributed by atoms with E-state index >= 15 is 0 Å². The first-order chi connectivity index (χ1) is 16.4. The first-order valence-corrected chi connectivity index (χ1v) is 13.1. The van der Waals surface area contributed by atoms with Gasteiger partial charge in [0.05, 0.1) is 5.92 Å². The third-order valence-electron chi connectivity index (χ3n) is 7.37. The van der Waals surface area contributed by atoms with E-state index in [1.165, 1.54) is 43.2 Å². The summed E-state index contributed by atoms with van der Waals surface area (Å²) in [5, 5.41) is 6.22. The molecule has 0 unspecified atom stereocenters. The number of benzene rings is 2. The fraction of sp³-hybridized carbons (Fsp3) is 0.533. The van der Waals surface area contributed by atoms with Gasteiger partial charge in [0.1, 0.15) is 0 Å². The standard InChI is InChI=1S/C30H42N2O2/c1-5-27(24-11-7-6-8-12-24)30(34)31-19-9-10-23-14-16-25(17-15-23)28-20-26(18-13-22(28)4)32-29(33)21(2)3/h6-8,11-13,18,20-21,23,25,27H,5,9-10,14-17,19H2,1-4H3,(H,31,34)(H,32,33)/t23?,25?,27-/m0/s1. The molecule has 184 valence electrons. The Labute approximate surface area is 205 Å². The molecule has 2 aromatic carbocycles. The van der Waals surface area contributed by atoms with Gasteiger partial charge in [-0.3, -0.25) is 9.59 Å². The lowest BCUT2D eigenvalue weighted by molar-refractivity contribution is -0.122. The van der Waals surface area contributed by atoms with Crippen LogP contribution in [0.2, 0.25) is 0 Å². The zero-order valence-electron chi connectivity index (χ0n) is 21.4. The summed E-state index contributed by atoms with van der Waals surface area (Å²) in [6.45, 7) is 8.85. The van der Waals surface area contributed by atoms with Crippen LogP contribution in [0.15, 0.2) is 48.5 Å². The van der Waals surface area contributed by atoms with Crippen molar-refractivity contribution < 1.29 is 9.59 Å². The van der Waals surface area contributed by atoms with E-state index in [9.17, 15) is 9.59 Å². The summed E-state index contributed by atoms with van der Waals surface area (Å²) in [6, 6.07) is 16.4. The van der Waals surface area contributed by atoms with Gasteiger partial charge in [-0.15, -0.1) is 0 Å². The molecule has 1 aliphatic rings. The number of carbonyl (C=O) groups excluding carboxylic acids is 2. The van der Waals surface area contributed by atoms with Gasteiger partial charge < -0.3 is 10.6 Å². The van der Waals surface area contributed by atoms with Crippen LogP contribution in [0, 0.1) is 18.8 Å². The number of aryl methyl sites for hydroxylation is 1. The normalized spacial score (nSPS) is 19.0. The summed E-state index contributed by atoms with van der Waals surface area (Å²) in [5.74, 6) is 1.46. The Hall–Kier alpha value is -2.62. The topological polar surface area (TPSA) is 58.2 Å². The van der Waals surface area contributed by atoms with E-state index in [1.807, 2.05) is 50.2 Å². The van der Waals surface area contributed by atoms with Gasteiger partial charge in [0, 0.05) is 18.2 Å². The Morgan fingerprint density at radius 1 is 0.971 bits per heavy atom. The van der Waals surface area contributed by atoms with Crippen LogP contribution in [0.5, 0.6) is 0 Å². The van der Waals surface area contributed by atoms with Gasteiger partial charge in [0.15, 0.2) is 0 Å². The average molecular weight is 463 g/mol. The van der Waals surface area contributed by atoms with Gasteiger partial charge in [0.2, 0.25) is 11.8 Å². The maximum atomic E-state index is 12.7. The second-order valence-electron chi connectivity index (χ2n) is 10.2. The van der Waals surface area contributed by atoms with E-state index in [-0.39, 0.29) is 23.7 Å². The molecule has 0 aromatic heterocycles. The number of nitrogens with one attached hydrogen (secondary N) is 2. The number of amides is 2. The molecule has 3 rings (SSSR count). The van der Waals surface area contributed by atoms with E-state index in [2.05, 4.69) is 36.6 Å². The zero-order valence-corrected chi connectivity index (χ0v) is 21.4. The molecule has 2 N–H and O–H groups in total. The third-order valence-corrected chi connectivity index (χ3v) is 7.37. The van der Waals surface area contributed by atoms with Crippen LogP contribution in [0.3, 0.4) is 0 Å². The molecule has 2 amide bonds. The zero-order chi connectivity index (χ0) is 24.5. The van der Waals surface area contributed by atoms with Crippen molar-refractivity contribution in [3.63, 3.8) is 0 Å². The Morgan fingerprint density at radius 2 is 1.68 bits per heavy atom. The largest absolute Gasteiger partial charge is 0.356 e. The molecule has 4 heteroatoms. The van der Waals surface area contributed by atoms with Gasteiger partial charge in [-0.25, -0.2) is 0 Å². The number of hydrogen-bond donors (Lipinski definition) is 2. The van der Waals surface area contributed by atoms with Crippen LogP contribution >= 0.6 is 0 Å². The van der Waals surface area contributed by atoms with Crippen LogP contribution < -0.4 is 10.6 Å². The number of carbonyl (C=O) groups is 2. The molecule has 1 saturated carbocycles. The second kappa shape index (κ2) is 12.7. The van der Waals surface area contributed by atoms with Gasteiger partial charge in [-0.1, -0.05) is 57.2 Å². The maximum absolute atomic E-state index is 12.7. The molecule has 0 aliphatic heterocycles. The minimum atomic E-state index is -0.0547. The van der Waals surface area contributed by atoms with Crippen LogP contribution in [0.4, 0.5) is 5.69 Å². The van der Waals surface area contributed by atoms with E-state index in [4.69, 9.17) is 0 Å². The van der Waals surface area contributed by atoms with Crippen molar-refractivity contribution in [2.75, 3.05) is 11.9 Å². The minimum Gasteiger partial charge on any atom is -0.356 e. The van der Waals surface area contributed by atoms with E-state index in [1.54, 1.807) is 0 Å². The first kappa shape index (κ1) is 26.0. The Morgan fingerprint density at radius 3 is 2.32 bits per heavy atom. The van der Waals surface area contributed by atoms with Crippen molar-refractivity contribution in [2.24, 2.45) is 11.8 Å². The summed E-state index contributed by atoms with van der Waals surface area (Å²) in [7, 11) is 0. The van der Waals surface area contributed by atoms with Crippen LogP contribution in [-0.2, 0) is 9.59 Å². The molecule has 1 aliphatic carbocycles. The summed E-state index contributed by atoms with van der Waals surface area (Å²) in [6.07, 6.45) is 7.92. The molecule has 34 heavy (non-hydrogen) atoms. The Balaban J connectivity index is 1.42. The smallest absolute Gasteiger partial charge is 0.227 e. The molecule has 0 bridgehead atoms. The third kappa shape index (κ3) is 7.19. The lowest BCUT2D eigenvalue weighted by Crippen LogP contribution is -2.30. The fourth-order valence-electron chi connectivity index (χ4n) is 5.19. The van der Waals surface area contributed by atoms with Crippen LogP contribution in [0.25, 0.3) is 0 Å². The molecule has 1 fully saturated rings. The van der Waals surface area contributed by atoms with Crippen LogP contribution in [0.1, 0.15) is 94.2 Å². The van der Waals surface area contributed by atoms with Crippen molar-refractivity contribution in [2.45, 2.75) is 84.5 Å². The number of anilines is 1. The molecule has 0 heterocycles. The van der Waals surface area contributed by atoms with Gasteiger partial charge in [-0.05, 0) is 92.5 Å². The molecular formula is C30H42N2O2. The molecule has 0 radical (unpaired) electrons. The van der Waals surface area contributed by atoms with Gasteiger partial charge >= 0.3 is 0 Å². The SMILES string of the molecule is CC[C@H](C(=O)NCCCC1CCC(c2cc(NC(=O)C(C)C)ccc2C)CC1)c1ccccc1. The van der Waals surface area contributed by atoms with Crippen molar-refractivity contribution >= 4 is 17.5 Å². The highest BCUT2D eigenvalue weighted by Gasteiger charge is 2.24. The molecule has 2 aromatic rings. The Bertz CT molecular complexity index is 930. The quantitative estimate of drug-likeness (QED) is 0.375. The predicted molar refractivity (Wildman–Crippen MR) is 141 cm³/mol. The molecule has 0 spiro atoms. The summed E-state index contributed by atoms with van der Waals surface area (Å²) in [5.41, 5.74) is 4.72. The Kier molecular flexibility index (Phi) is 9.74. The highest BCUT2D eigenvalue weighted by atomic mass is 16.2. The highest BCUT2D eigenvalue weighted by Crippen LogP contribution is 2.39. The molecular weight excluding hydrogens is 420 g/mol. The maximum Gasteiger partial charge on any atom is 0.227 e. The van der Waals surface area contributed by atoms with Gasteiger partial charge in [-0.2, -0.15) is 0 Å². The predicted octanol–water partition coefficient (Wildman–Crippen LogP) is 6.95. The van der Waals surface area contributed by atoms with Crippen molar-refractivity contribution in [1.82, 2.24) is 5.32 Å². The van der Waals surface area contributed by atoms with E-state index < -0.39 is 0 Å². The van der Waals surface area contributed by atoms with E-state index in [0.29, 0.717) is 5.92 Å². The summed E-state index contributed by atoms with van der Waals surface area (Å²) < 4.78 is 0. The summed E-state index contributed by atoms with van der Waals surface area (Å²) >= 11 is 0. The molecule has 1 atom stereocenters. The molecule has 4 nitrogen and oxygen atoms in total. The number of rotatable bonds is 10. The van der Waals surface area contributed by atoms with Crippen LogP contribution in [-0.4, -0.2) is 18.4 Å². The fourth-order valence-corrected chi connectivity index (χ4v) is 5.19. The van der Waals surface area contributed by atoms with Crippen molar-refractivity contribution in [3.8, 4) is 0 Å². The van der Waals surface area contributed by atoms with Gasteiger partial charge in [0.25, 0.3) is 0 Å². The monoisotopic (exact) mass is 462 g/mol. The highest BCUT2D eigenvalue weighted by molar-refractivity contribution is 5.92. The second-order valence-corrected chi connectivity index (χ2v) is 10.2. The lowest BCUT2D eigenvalue weighted by Gasteiger charge is -2.30. The average Bonchev–Trinajstić information content (AvgIpc) is 2.84. The van der Waals surface area contributed by atoms with Crippen molar-refractivity contribution in [1.29, 1.82) is 0 Å². The summed E-state index contributed by atoms with van der Waals surface area (Å²) in [4.78, 5) is 24.7. The molecule has 0 saturated heterocycles. The van der Waals surface area contributed by atoms with Crippen molar-refractivity contribution in [3.05, 3.63) is 65.2 Å².